The summed E-state index contributed by atoms with van der Waals surface area (Å²) in [5.74, 6) is -0.963. The van der Waals surface area contributed by atoms with Crippen LogP contribution in [-0.4, -0.2) is 11.9 Å². The van der Waals surface area contributed by atoms with E-state index >= 15 is 0 Å². The molecule has 1 rings (SSSR count). The second kappa shape index (κ2) is 6.68. The lowest BCUT2D eigenvalue weighted by Gasteiger charge is -2.11. The van der Waals surface area contributed by atoms with Gasteiger partial charge in [-0.15, -0.1) is 0 Å². The lowest BCUT2D eigenvalue weighted by atomic mass is 10.0. The molecule has 0 aromatic heterocycles. The average Bonchev–Trinajstić information content (AvgIpc) is 2.38. The predicted octanol–water partition coefficient (Wildman–Crippen LogP) is 2.31. The lowest BCUT2D eigenvalue weighted by Crippen LogP contribution is -2.30. The van der Waals surface area contributed by atoms with Gasteiger partial charge >= 0.3 is 5.97 Å². The third-order valence-electron chi connectivity index (χ3n) is 2.60. The van der Waals surface area contributed by atoms with Gasteiger partial charge in [0.05, 0.1) is 5.92 Å². The van der Waals surface area contributed by atoms with Crippen molar-refractivity contribution in [3.05, 3.63) is 35.9 Å². The highest BCUT2D eigenvalue weighted by Gasteiger charge is 2.17. The van der Waals surface area contributed by atoms with Gasteiger partial charge in [-0.2, -0.15) is 5.48 Å². The van der Waals surface area contributed by atoms with Crippen LogP contribution < -0.4 is 5.48 Å². The molecule has 4 heteroatoms. The highest BCUT2D eigenvalue weighted by molar-refractivity contribution is 5.94. The number of benzene rings is 1. The zero-order valence-corrected chi connectivity index (χ0v) is 10.1. The highest BCUT2D eigenvalue weighted by atomic mass is 16.7. The molecule has 0 aliphatic rings. The van der Waals surface area contributed by atoms with Gasteiger partial charge in [0.1, 0.15) is 0 Å². The zero-order chi connectivity index (χ0) is 12.7. The Morgan fingerprint density at radius 1 is 1.18 bits per heavy atom. The quantitative estimate of drug-likeness (QED) is 0.815. The Kier molecular flexibility index (Phi) is 5.20. The van der Waals surface area contributed by atoms with Gasteiger partial charge in [-0.05, 0) is 25.0 Å². The predicted molar refractivity (Wildman–Crippen MR) is 64.1 cm³/mol. The van der Waals surface area contributed by atoms with Crippen LogP contribution in [-0.2, 0) is 9.63 Å². The van der Waals surface area contributed by atoms with Crippen LogP contribution in [0.2, 0.25) is 0 Å². The highest BCUT2D eigenvalue weighted by Crippen LogP contribution is 2.08. The molecule has 4 nitrogen and oxygen atoms in total. The van der Waals surface area contributed by atoms with E-state index in [9.17, 15) is 9.59 Å². The first-order valence-corrected chi connectivity index (χ1v) is 5.75. The maximum atomic E-state index is 11.6. The summed E-state index contributed by atoms with van der Waals surface area (Å²) in [5, 5.41) is 0. The van der Waals surface area contributed by atoms with E-state index in [4.69, 9.17) is 4.84 Å². The summed E-state index contributed by atoms with van der Waals surface area (Å²) in [4.78, 5) is 27.8. The summed E-state index contributed by atoms with van der Waals surface area (Å²) in [7, 11) is 0. The molecular formula is C13H17NO3. The van der Waals surface area contributed by atoms with Crippen LogP contribution in [0.15, 0.2) is 30.3 Å². The molecular weight excluding hydrogens is 218 g/mol. The van der Waals surface area contributed by atoms with Crippen LogP contribution in [0, 0.1) is 5.92 Å². The van der Waals surface area contributed by atoms with E-state index in [0.717, 1.165) is 0 Å². The summed E-state index contributed by atoms with van der Waals surface area (Å²) < 4.78 is 0. The Bertz CT molecular complexity index is 372. The molecule has 17 heavy (non-hydrogen) atoms. The summed E-state index contributed by atoms with van der Waals surface area (Å²) in [5.41, 5.74) is 2.62. The number of hydrogen-bond donors (Lipinski definition) is 1. The van der Waals surface area contributed by atoms with Crippen molar-refractivity contribution in [2.75, 3.05) is 0 Å². The van der Waals surface area contributed by atoms with E-state index in [0.29, 0.717) is 18.4 Å². The maximum Gasteiger partial charge on any atom is 0.335 e. The van der Waals surface area contributed by atoms with E-state index < -0.39 is 5.91 Å². The van der Waals surface area contributed by atoms with Crippen molar-refractivity contribution < 1.29 is 14.4 Å². The second-order valence-electron chi connectivity index (χ2n) is 3.73. The fourth-order valence-electron chi connectivity index (χ4n) is 1.45. The fourth-order valence-corrected chi connectivity index (χ4v) is 1.45. The summed E-state index contributed by atoms with van der Waals surface area (Å²) >= 11 is 0. The standard InChI is InChI=1S/C13H17NO3/c1-3-10(4-2)13(16)17-14-12(15)11-8-6-5-7-9-11/h5-10H,3-4H2,1-2H3,(H,14,15). The number of carbonyl (C=O) groups is 2. The van der Waals surface area contributed by atoms with Gasteiger partial charge in [-0.25, -0.2) is 4.79 Å². The molecule has 1 aromatic rings. The molecule has 0 radical (unpaired) electrons. The van der Waals surface area contributed by atoms with Gasteiger partial charge in [0.15, 0.2) is 0 Å². The van der Waals surface area contributed by atoms with Crippen LogP contribution in [0.1, 0.15) is 37.0 Å². The Labute approximate surface area is 101 Å². The first kappa shape index (κ1) is 13.2. The van der Waals surface area contributed by atoms with E-state index in [-0.39, 0.29) is 11.9 Å². The van der Waals surface area contributed by atoms with Crippen molar-refractivity contribution in [3.8, 4) is 0 Å². The van der Waals surface area contributed by atoms with E-state index in [1.165, 1.54) is 0 Å². The van der Waals surface area contributed by atoms with Crippen LogP contribution in [0.25, 0.3) is 0 Å². The number of hydrogen-bond acceptors (Lipinski definition) is 3. The van der Waals surface area contributed by atoms with Crippen LogP contribution in [0.5, 0.6) is 0 Å². The minimum atomic E-state index is -0.412. The Morgan fingerprint density at radius 2 is 1.76 bits per heavy atom. The van der Waals surface area contributed by atoms with Crippen molar-refractivity contribution >= 4 is 11.9 Å². The molecule has 1 amide bonds. The van der Waals surface area contributed by atoms with E-state index in [2.05, 4.69) is 5.48 Å². The monoisotopic (exact) mass is 235 g/mol. The molecule has 0 aliphatic carbocycles. The summed E-state index contributed by atoms with van der Waals surface area (Å²) in [6, 6.07) is 8.61. The van der Waals surface area contributed by atoms with E-state index in [1.807, 2.05) is 19.9 Å². The third-order valence-corrected chi connectivity index (χ3v) is 2.60. The zero-order valence-electron chi connectivity index (χ0n) is 10.1. The van der Waals surface area contributed by atoms with Crippen LogP contribution >= 0.6 is 0 Å². The lowest BCUT2D eigenvalue weighted by molar-refractivity contribution is -0.154. The first-order chi connectivity index (χ1) is 8.19. The van der Waals surface area contributed by atoms with Crippen molar-refractivity contribution in [2.45, 2.75) is 26.7 Å². The Balaban J connectivity index is 2.46. The molecule has 0 unspecified atom stereocenters. The van der Waals surface area contributed by atoms with Gasteiger partial charge in [-0.1, -0.05) is 32.0 Å². The van der Waals surface area contributed by atoms with Crippen LogP contribution in [0.4, 0.5) is 0 Å². The average molecular weight is 235 g/mol. The molecule has 0 saturated carbocycles. The van der Waals surface area contributed by atoms with Crippen molar-refractivity contribution in [1.29, 1.82) is 0 Å². The van der Waals surface area contributed by atoms with Gasteiger partial charge in [-0.3, -0.25) is 4.79 Å². The number of carbonyl (C=O) groups excluding carboxylic acids is 2. The van der Waals surface area contributed by atoms with E-state index in [1.54, 1.807) is 24.3 Å². The minimum absolute atomic E-state index is 0.161. The molecule has 1 N–H and O–H groups in total. The smallest absolute Gasteiger partial charge is 0.335 e. The largest absolute Gasteiger partial charge is 0.340 e. The molecule has 0 heterocycles. The third kappa shape index (κ3) is 3.90. The molecule has 0 saturated heterocycles. The SMILES string of the molecule is CCC(CC)C(=O)ONC(=O)c1ccccc1. The fraction of sp³-hybridized carbons (Fsp3) is 0.385. The number of nitrogens with one attached hydrogen (secondary N) is 1. The minimum Gasteiger partial charge on any atom is -0.340 e. The van der Waals surface area contributed by atoms with Crippen molar-refractivity contribution in [2.24, 2.45) is 5.92 Å². The maximum absolute atomic E-state index is 11.6. The molecule has 0 fully saturated rings. The molecule has 1 aromatic carbocycles. The summed E-state index contributed by atoms with van der Waals surface area (Å²) in [6.45, 7) is 3.82. The molecule has 0 bridgehead atoms. The Hall–Kier alpha value is -1.84. The molecule has 0 atom stereocenters. The van der Waals surface area contributed by atoms with Crippen LogP contribution in [0.3, 0.4) is 0 Å². The van der Waals surface area contributed by atoms with Gasteiger partial charge in [0.2, 0.25) is 0 Å². The number of rotatable bonds is 4. The number of hydroxylamine groups is 1. The van der Waals surface area contributed by atoms with Gasteiger partial charge in [0, 0.05) is 5.56 Å². The second-order valence-corrected chi connectivity index (χ2v) is 3.73. The van der Waals surface area contributed by atoms with Gasteiger partial charge < -0.3 is 4.84 Å². The molecule has 0 spiro atoms. The first-order valence-electron chi connectivity index (χ1n) is 5.75. The van der Waals surface area contributed by atoms with Gasteiger partial charge in [0.25, 0.3) is 5.91 Å². The normalized spacial score (nSPS) is 10.1. The van der Waals surface area contributed by atoms with Crippen molar-refractivity contribution in [1.82, 2.24) is 5.48 Å². The topological polar surface area (TPSA) is 55.4 Å². The molecule has 0 aliphatic heterocycles. The summed E-state index contributed by atoms with van der Waals surface area (Å²) in [6.07, 6.45) is 1.41. The van der Waals surface area contributed by atoms with Crippen molar-refractivity contribution in [3.63, 3.8) is 0 Å². The molecule has 92 valence electrons. The number of amides is 1. The Morgan fingerprint density at radius 3 is 2.29 bits per heavy atom.